The SMILES string of the molecule is CN1CCN(c2ccc(Nc3nc4cccc(-c5cccc(NS(C)=O)c5)n4n3)cc2)CC1.O.[HH].[HH]. The number of fused-ring (bicyclic) bond motifs is 1. The average Bonchev–Trinajstić information content (AvgIpc) is 3.22. The van der Waals surface area contributed by atoms with E-state index in [1.807, 2.05) is 47.0 Å². The predicted molar refractivity (Wildman–Crippen MR) is 143 cm³/mol. The molecule has 10 heteroatoms. The maximum absolute atomic E-state index is 11.5. The van der Waals surface area contributed by atoms with Gasteiger partial charge in [0, 0.05) is 57.9 Å². The fourth-order valence-electron chi connectivity index (χ4n) is 4.03. The van der Waals surface area contributed by atoms with Crippen molar-refractivity contribution in [1.29, 1.82) is 0 Å². The van der Waals surface area contributed by atoms with Crippen LogP contribution in [0, 0.1) is 0 Å². The molecule has 1 unspecified atom stereocenters. The van der Waals surface area contributed by atoms with Gasteiger partial charge in [0.05, 0.1) is 5.69 Å². The van der Waals surface area contributed by atoms with Crippen LogP contribution in [0.5, 0.6) is 0 Å². The number of nitrogens with one attached hydrogen (secondary N) is 2. The number of hydrogen-bond acceptors (Lipinski definition) is 6. The van der Waals surface area contributed by atoms with Gasteiger partial charge in [0.1, 0.15) is 11.0 Å². The molecule has 0 saturated carbocycles. The number of piperazine rings is 1. The van der Waals surface area contributed by atoms with Gasteiger partial charge in [-0.1, -0.05) is 18.2 Å². The van der Waals surface area contributed by atoms with Crippen molar-refractivity contribution in [2.24, 2.45) is 0 Å². The third-order valence-corrected chi connectivity index (χ3v) is 6.29. The summed E-state index contributed by atoms with van der Waals surface area (Å²) in [5.74, 6) is 0.540. The van der Waals surface area contributed by atoms with E-state index >= 15 is 0 Å². The summed E-state index contributed by atoms with van der Waals surface area (Å²) in [6.45, 7) is 4.27. The summed E-state index contributed by atoms with van der Waals surface area (Å²) >= 11 is 0. The lowest BCUT2D eigenvalue weighted by Crippen LogP contribution is -2.44. The van der Waals surface area contributed by atoms with Crippen LogP contribution >= 0.6 is 0 Å². The summed E-state index contributed by atoms with van der Waals surface area (Å²) in [7, 11) is 1.03. The van der Waals surface area contributed by atoms with Crippen LogP contribution in [0.2, 0.25) is 0 Å². The molecule has 1 atom stereocenters. The van der Waals surface area contributed by atoms with Crippen LogP contribution in [0.1, 0.15) is 2.85 Å². The topological polar surface area (TPSA) is 109 Å². The van der Waals surface area contributed by atoms with E-state index in [-0.39, 0.29) is 8.33 Å². The molecule has 1 fully saturated rings. The summed E-state index contributed by atoms with van der Waals surface area (Å²) < 4.78 is 16.3. The largest absolute Gasteiger partial charge is 0.412 e. The Morgan fingerprint density at radius 1 is 0.941 bits per heavy atom. The molecular formula is C24H33N7O2S. The summed E-state index contributed by atoms with van der Waals surface area (Å²) in [5, 5.41) is 8.02. The molecule has 5 rings (SSSR count). The Morgan fingerprint density at radius 3 is 2.41 bits per heavy atom. The molecule has 0 aliphatic carbocycles. The summed E-state index contributed by atoms with van der Waals surface area (Å²) in [5.41, 5.74) is 5.60. The Labute approximate surface area is 204 Å². The molecule has 1 saturated heterocycles. The van der Waals surface area contributed by atoms with Crippen molar-refractivity contribution in [2.45, 2.75) is 0 Å². The van der Waals surface area contributed by atoms with Crippen LogP contribution in [0.3, 0.4) is 0 Å². The molecule has 182 valence electrons. The Bertz CT molecular complexity index is 1300. The molecule has 4 aromatic rings. The van der Waals surface area contributed by atoms with Crippen LogP contribution in [0.15, 0.2) is 66.7 Å². The van der Waals surface area contributed by atoms with Crippen LogP contribution in [0.4, 0.5) is 23.0 Å². The molecule has 0 spiro atoms. The predicted octanol–water partition coefficient (Wildman–Crippen LogP) is 3.26. The Morgan fingerprint density at radius 2 is 1.68 bits per heavy atom. The highest BCUT2D eigenvalue weighted by Gasteiger charge is 2.14. The minimum atomic E-state index is -1.13. The Balaban J connectivity index is 0.00000152. The van der Waals surface area contributed by atoms with Crippen LogP contribution in [-0.2, 0) is 11.0 Å². The number of benzene rings is 2. The molecule has 3 heterocycles. The number of rotatable bonds is 6. The quantitative estimate of drug-likeness (QED) is 0.436. The van der Waals surface area contributed by atoms with Crippen molar-refractivity contribution >= 4 is 39.6 Å². The second-order valence-corrected chi connectivity index (χ2v) is 9.33. The van der Waals surface area contributed by atoms with Gasteiger partial charge in [-0.2, -0.15) is 4.98 Å². The first kappa shape index (κ1) is 23.7. The molecule has 4 N–H and O–H groups in total. The minimum Gasteiger partial charge on any atom is -0.412 e. The van der Waals surface area contributed by atoms with Gasteiger partial charge in [0.2, 0.25) is 5.95 Å². The lowest BCUT2D eigenvalue weighted by atomic mass is 10.1. The van der Waals surface area contributed by atoms with Crippen molar-refractivity contribution in [3.63, 3.8) is 0 Å². The van der Waals surface area contributed by atoms with E-state index in [1.165, 1.54) is 5.69 Å². The fraction of sp³-hybridized carbons (Fsp3) is 0.250. The monoisotopic (exact) mass is 483 g/mol. The lowest BCUT2D eigenvalue weighted by Gasteiger charge is -2.34. The van der Waals surface area contributed by atoms with Gasteiger partial charge >= 0.3 is 0 Å². The van der Waals surface area contributed by atoms with Crippen molar-refractivity contribution < 1.29 is 12.5 Å². The van der Waals surface area contributed by atoms with E-state index in [1.54, 1.807) is 6.26 Å². The van der Waals surface area contributed by atoms with E-state index in [4.69, 9.17) is 5.10 Å². The van der Waals surface area contributed by atoms with E-state index in [0.717, 1.165) is 54.5 Å². The molecule has 2 aromatic carbocycles. The second-order valence-electron chi connectivity index (χ2n) is 8.22. The molecule has 0 bridgehead atoms. The molecule has 0 amide bonds. The standard InChI is InChI=1S/C24H27N7OS.H2O.2H2/c1-29-13-15-30(16-14-29)21-11-9-19(10-12-21)25-24-26-23-8-4-7-22(31(23)27-24)18-5-3-6-20(17-18)28-33(2)32;;;/h3-12,17,28H,13-16H2,1-2H3,(H,25,27);1H2;2*1H. The zero-order valence-electron chi connectivity index (χ0n) is 19.2. The summed E-state index contributed by atoms with van der Waals surface area (Å²) in [6, 6.07) is 22.1. The Kier molecular flexibility index (Phi) is 7.11. The molecule has 9 nitrogen and oxygen atoms in total. The van der Waals surface area contributed by atoms with Crippen LogP contribution in [0.25, 0.3) is 16.9 Å². The fourth-order valence-corrected chi connectivity index (χ4v) is 4.49. The zero-order valence-corrected chi connectivity index (χ0v) is 20.0. The first-order valence-corrected chi connectivity index (χ1v) is 12.5. The number of aromatic nitrogens is 3. The van der Waals surface area contributed by atoms with Crippen molar-refractivity contribution in [3.8, 4) is 11.3 Å². The normalized spacial score (nSPS) is 15.1. The number of hydrogen-bond donors (Lipinski definition) is 2. The number of nitrogens with zero attached hydrogens (tertiary/aromatic N) is 5. The molecule has 0 radical (unpaired) electrons. The molecular weight excluding hydrogens is 450 g/mol. The van der Waals surface area contributed by atoms with Gasteiger partial charge in [0.25, 0.3) is 0 Å². The second kappa shape index (κ2) is 10.2. The van der Waals surface area contributed by atoms with E-state index in [2.05, 4.69) is 56.1 Å². The minimum absolute atomic E-state index is 0. The number of anilines is 4. The highest BCUT2D eigenvalue weighted by Crippen LogP contribution is 2.25. The average molecular weight is 484 g/mol. The van der Waals surface area contributed by atoms with Gasteiger partial charge in [-0.3, -0.25) is 0 Å². The van der Waals surface area contributed by atoms with Gasteiger partial charge < -0.3 is 25.3 Å². The van der Waals surface area contributed by atoms with Crippen LogP contribution < -0.4 is 14.9 Å². The van der Waals surface area contributed by atoms with Gasteiger partial charge in [-0.25, -0.2) is 8.72 Å². The van der Waals surface area contributed by atoms with E-state index in [0.29, 0.717) is 5.95 Å². The van der Waals surface area contributed by atoms with Crippen molar-refractivity contribution in [2.75, 3.05) is 54.4 Å². The maximum atomic E-state index is 11.5. The number of likely N-dealkylation sites (N-methyl/N-ethyl adjacent to an activating group) is 1. The van der Waals surface area contributed by atoms with Gasteiger partial charge in [-0.05, 0) is 55.6 Å². The Hall–Kier alpha value is -3.47. The summed E-state index contributed by atoms with van der Waals surface area (Å²) in [6.07, 6.45) is 1.61. The first-order chi connectivity index (χ1) is 16.0. The van der Waals surface area contributed by atoms with Crippen molar-refractivity contribution in [3.05, 3.63) is 66.7 Å². The lowest BCUT2D eigenvalue weighted by molar-refractivity contribution is 0.313. The first-order valence-electron chi connectivity index (χ1n) is 10.9. The summed E-state index contributed by atoms with van der Waals surface area (Å²) in [4.78, 5) is 9.41. The highest BCUT2D eigenvalue weighted by atomic mass is 32.2. The van der Waals surface area contributed by atoms with E-state index < -0.39 is 11.0 Å². The molecule has 34 heavy (non-hydrogen) atoms. The highest BCUT2D eigenvalue weighted by molar-refractivity contribution is 7.85. The molecule has 2 aromatic heterocycles. The van der Waals surface area contributed by atoms with Crippen LogP contribution in [-0.4, -0.2) is 68.7 Å². The smallest absolute Gasteiger partial charge is 0.247 e. The maximum Gasteiger partial charge on any atom is 0.247 e. The third kappa shape index (κ3) is 5.19. The number of pyridine rings is 1. The van der Waals surface area contributed by atoms with Gasteiger partial charge in [0.15, 0.2) is 5.65 Å². The molecule has 1 aliphatic rings. The molecule has 1 aliphatic heterocycles. The van der Waals surface area contributed by atoms with E-state index in [9.17, 15) is 4.21 Å². The zero-order chi connectivity index (χ0) is 22.8. The van der Waals surface area contributed by atoms with Gasteiger partial charge in [-0.15, -0.1) is 5.10 Å². The van der Waals surface area contributed by atoms with Crippen molar-refractivity contribution in [1.82, 2.24) is 19.5 Å². The third-order valence-electron chi connectivity index (χ3n) is 5.77.